The summed E-state index contributed by atoms with van der Waals surface area (Å²) in [6, 6.07) is 14.1. The molecule has 0 saturated heterocycles. The number of aromatic nitrogens is 1. The van der Waals surface area contributed by atoms with Gasteiger partial charge >= 0.3 is 0 Å². The van der Waals surface area contributed by atoms with Gasteiger partial charge < -0.3 is 0 Å². The van der Waals surface area contributed by atoms with Crippen molar-refractivity contribution in [3.63, 3.8) is 0 Å². The fourth-order valence-electron chi connectivity index (χ4n) is 2.22. The molecule has 0 aliphatic carbocycles. The zero-order chi connectivity index (χ0) is 15.7. The van der Waals surface area contributed by atoms with Gasteiger partial charge in [-0.3, -0.25) is 9.71 Å². The number of pyridine rings is 1. The van der Waals surface area contributed by atoms with Crippen LogP contribution in [0, 0.1) is 6.92 Å². The predicted octanol–water partition coefficient (Wildman–Crippen LogP) is 4.11. The molecule has 0 aliphatic rings. The van der Waals surface area contributed by atoms with Crippen LogP contribution in [0.3, 0.4) is 0 Å². The number of hydrogen-bond donors (Lipinski definition) is 1. The summed E-state index contributed by atoms with van der Waals surface area (Å²) in [6.07, 6.45) is 1.67. The molecule has 0 bridgehead atoms. The molecule has 0 atom stereocenters. The summed E-state index contributed by atoms with van der Waals surface area (Å²) in [5, 5.41) is 0.803. The summed E-state index contributed by atoms with van der Waals surface area (Å²) in [6.45, 7) is 1.92. The maximum atomic E-state index is 12.6. The number of anilines is 1. The van der Waals surface area contributed by atoms with E-state index in [1.54, 1.807) is 36.5 Å². The first kappa shape index (κ1) is 15.0. The third-order valence-corrected chi connectivity index (χ3v) is 5.08. The topological polar surface area (TPSA) is 59.1 Å². The Morgan fingerprint density at radius 3 is 2.64 bits per heavy atom. The van der Waals surface area contributed by atoms with Crippen molar-refractivity contribution in [2.24, 2.45) is 0 Å². The van der Waals surface area contributed by atoms with E-state index in [4.69, 9.17) is 0 Å². The molecular formula is C16H13BrN2O2S. The number of nitrogens with zero attached hydrogens (tertiary/aromatic N) is 1. The number of halogens is 1. The quantitative estimate of drug-likeness (QED) is 0.748. The molecule has 1 aromatic heterocycles. The van der Waals surface area contributed by atoms with Crippen molar-refractivity contribution in [3.05, 3.63) is 64.8 Å². The fraction of sp³-hybridized carbons (Fsp3) is 0.0625. The van der Waals surface area contributed by atoms with Crippen LogP contribution in [0.1, 0.15) is 5.56 Å². The van der Waals surface area contributed by atoms with Gasteiger partial charge in [-0.25, -0.2) is 8.42 Å². The normalized spacial score (nSPS) is 11.5. The number of hydrogen-bond acceptors (Lipinski definition) is 3. The Kier molecular flexibility index (Phi) is 3.88. The van der Waals surface area contributed by atoms with Crippen LogP contribution in [0.2, 0.25) is 0 Å². The molecule has 22 heavy (non-hydrogen) atoms. The molecule has 0 amide bonds. The summed E-state index contributed by atoms with van der Waals surface area (Å²) < 4.78 is 28.7. The van der Waals surface area contributed by atoms with Gasteiger partial charge in [0.15, 0.2) is 0 Å². The van der Waals surface area contributed by atoms with Gasteiger partial charge in [0.05, 0.1) is 5.52 Å². The van der Waals surface area contributed by atoms with Gasteiger partial charge in [-0.1, -0.05) is 34.1 Å². The number of rotatable bonds is 3. The molecule has 0 saturated carbocycles. The summed E-state index contributed by atoms with van der Waals surface area (Å²) in [7, 11) is -3.70. The van der Waals surface area contributed by atoms with Crippen LogP contribution in [0.25, 0.3) is 10.9 Å². The Morgan fingerprint density at radius 1 is 1.09 bits per heavy atom. The Labute approximate surface area is 137 Å². The van der Waals surface area contributed by atoms with Gasteiger partial charge in [0, 0.05) is 21.7 Å². The van der Waals surface area contributed by atoms with E-state index in [1.807, 2.05) is 25.1 Å². The summed E-state index contributed by atoms with van der Waals surface area (Å²) in [5.74, 6) is 0. The molecular weight excluding hydrogens is 364 g/mol. The zero-order valence-electron chi connectivity index (χ0n) is 11.7. The van der Waals surface area contributed by atoms with Crippen molar-refractivity contribution in [1.82, 2.24) is 4.98 Å². The van der Waals surface area contributed by atoms with Crippen molar-refractivity contribution < 1.29 is 8.42 Å². The number of para-hydroxylation sites is 1. The van der Waals surface area contributed by atoms with E-state index in [2.05, 4.69) is 25.6 Å². The van der Waals surface area contributed by atoms with Crippen LogP contribution in [0.4, 0.5) is 5.69 Å². The molecule has 0 spiro atoms. The van der Waals surface area contributed by atoms with Gasteiger partial charge in [0.1, 0.15) is 4.90 Å². The molecule has 6 heteroatoms. The molecule has 3 aromatic rings. The third-order valence-electron chi connectivity index (χ3n) is 3.18. The zero-order valence-corrected chi connectivity index (χ0v) is 14.1. The lowest BCUT2D eigenvalue weighted by Gasteiger charge is -2.10. The van der Waals surface area contributed by atoms with E-state index in [9.17, 15) is 8.42 Å². The lowest BCUT2D eigenvalue weighted by molar-refractivity contribution is 0.602. The highest BCUT2D eigenvalue weighted by molar-refractivity contribution is 9.10. The maximum Gasteiger partial charge on any atom is 0.264 e. The Bertz CT molecular complexity index is 955. The van der Waals surface area contributed by atoms with E-state index in [1.165, 1.54) is 0 Å². The second-order valence-corrected chi connectivity index (χ2v) is 7.52. The van der Waals surface area contributed by atoms with Gasteiger partial charge in [-0.15, -0.1) is 0 Å². The molecule has 2 aromatic carbocycles. The summed E-state index contributed by atoms with van der Waals surface area (Å²) >= 11 is 3.33. The molecule has 0 fully saturated rings. The number of sulfonamides is 1. The van der Waals surface area contributed by atoms with Crippen molar-refractivity contribution in [2.75, 3.05) is 4.72 Å². The summed E-state index contributed by atoms with van der Waals surface area (Å²) in [5.41, 5.74) is 1.95. The second kappa shape index (κ2) is 5.70. The average Bonchev–Trinajstić information content (AvgIpc) is 2.45. The minimum atomic E-state index is -3.70. The minimum absolute atomic E-state index is 0.171. The van der Waals surface area contributed by atoms with Crippen molar-refractivity contribution in [1.29, 1.82) is 0 Å². The highest BCUT2D eigenvalue weighted by Crippen LogP contribution is 2.25. The lowest BCUT2D eigenvalue weighted by Crippen LogP contribution is -2.13. The van der Waals surface area contributed by atoms with Crippen molar-refractivity contribution >= 4 is 42.5 Å². The van der Waals surface area contributed by atoms with E-state index >= 15 is 0 Å². The Morgan fingerprint density at radius 2 is 1.86 bits per heavy atom. The number of aryl methyl sites for hydroxylation is 1. The van der Waals surface area contributed by atoms with Crippen LogP contribution >= 0.6 is 15.9 Å². The largest absolute Gasteiger partial charge is 0.280 e. The smallest absolute Gasteiger partial charge is 0.264 e. The molecule has 112 valence electrons. The van der Waals surface area contributed by atoms with Gasteiger partial charge in [-0.2, -0.15) is 0 Å². The third kappa shape index (κ3) is 2.98. The van der Waals surface area contributed by atoms with E-state index in [0.717, 1.165) is 15.4 Å². The van der Waals surface area contributed by atoms with Crippen molar-refractivity contribution in [3.8, 4) is 0 Å². The minimum Gasteiger partial charge on any atom is -0.280 e. The monoisotopic (exact) mass is 376 g/mol. The van der Waals surface area contributed by atoms with E-state index < -0.39 is 10.0 Å². The van der Waals surface area contributed by atoms with Gasteiger partial charge in [0.25, 0.3) is 10.0 Å². The molecule has 3 rings (SSSR count). The molecule has 4 nitrogen and oxygen atoms in total. The lowest BCUT2D eigenvalue weighted by atomic mass is 10.2. The molecule has 0 unspecified atom stereocenters. The number of nitrogens with one attached hydrogen (secondary N) is 1. The van der Waals surface area contributed by atoms with Crippen LogP contribution in [0.15, 0.2) is 64.1 Å². The molecule has 1 N–H and O–H groups in total. The standard InChI is InChI=1S/C16H13BrN2O2S/c1-11-8-12-4-2-7-15(16(12)18-10-11)22(20,21)19-14-6-3-5-13(17)9-14/h2-10,19H,1H3. The first-order valence-corrected chi connectivity index (χ1v) is 8.87. The number of fused-ring (bicyclic) bond motifs is 1. The van der Waals surface area contributed by atoms with Crippen molar-refractivity contribution in [2.45, 2.75) is 11.8 Å². The van der Waals surface area contributed by atoms with Crippen LogP contribution in [0.5, 0.6) is 0 Å². The Hall–Kier alpha value is -1.92. The first-order chi connectivity index (χ1) is 10.5. The van der Waals surface area contributed by atoms with Crippen LogP contribution in [-0.2, 0) is 10.0 Å². The molecule has 0 aliphatic heterocycles. The SMILES string of the molecule is Cc1cnc2c(S(=O)(=O)Nc3cccc(Br)c3)cccc2c1. The van der Waals surface area contributed by atoms with E-state index in [0.29, 0.717) is 11.2 Å². The maximum absolute atomic E-state index is 12.6. The number of benzene rings is 2. The fourth-order valence-corrected chi connectivity index (χ4v) is 3.85. The molecule has 0 radical (unpaired) electrons. The second-order valence-electron chi connectivity index (χ2n) is 4.96. The van der Waals surface area contributed by atoms with E-state index in [-0.39, 0.29) is 4.90 Å². The highest BCUT2D eigenvalue weighted by Gasteiger charge is 2.18. The Balaban J connectivity index is 2.09. The predicted molar refractivity (Wildman–Crippen MR) is 91.4 cm³/mol. The molecule has 1 heterocycles. The average molecular weight is 377 g/mol. The van der Waals surface area contributed by atoms with Crippen LogP contribution < -0.4 is 4.72 Å². The highest BCUT2D eigenvalue weighted by atomic mass is 79.9. The van der Waals surface area contributed by atoms with Gasteiger partial charge in [0.2, 0.25) is 0 Å². The summed E-state index contributed by atoms with van der Waals surface area (Å²) in [4.78, 5) is 4.45. The van der Waals surface area contributed by atoms with Crippen LogP contribution in [-0.4, -0.2) is 13.4 Å². The van der Waals surface area contributed by atoms with Gasteiger partial charge in [-0.05, 0) is 42.8 Å². The first-order valence-electron chi connectivity index (χ1n) is 6.59.